The van der Waals surface area contributed by atoms with Gasteiger partial charge >= 0.3 is 0 Å². The van der Waals surface area contributed by atoms with Gasteiger partial charge in [0.15, 0.2) is 6.61 Å². The number of hydrogen-bond acceptors (Lipinski definition) is 4. The van der Waals surface area contributed by atoms with Gasteiger partial charge in [-0.05, 0) is 54.4 Å². The van der Waals surface area contributed by atoms with Crippen molar-refractivity contribution < 1.29 is 18.7 Å². The number of rotatable bonds is 8. The number of halogens is 1. The summed E-state index contributed by atoms with van der Waals surface area (Å²) in [6, 6.07) is 26.4. The Morgan fingerprint density at radius 1 is 0.973 bits per heavy atom. The number of aryl methyl sites for hydroxylation is 1. The van der Waals surface area contributed by atoms with E-state index in [9.17, 15) is 9.59 Å². The molecule has 0 radical (unpaired) electrons. The quantitative estimate of drug-likeness (QED) is 0.307. The zero-order chi connectivity index (χ0) is 25.6. The Hall–Kier alpha value is -4.03. The number of hydrogen-bond donors (Lipinski definition) is 1. The van der Waals surface area contributed by atoms with E-state index < -0.39 is 0 Å². The molecule has 0 saturated heterocycles. The molecule has 0 aliphatic carbocycles. The van der Waals surface area contributed by atoms with Gasteiger partial charge in [-0.3, -0.25) is 9.59 Å². The van der Waals surface area contributed by atoms with Gasteiger partial charge in [-0.2, -0.15) is 0 Å². The lowest BCUT2D eigenvalue weighted by Crippen LogP contribution is -2.35. The molecule has 2 heterocycles. The number of furan rings is 1. The molecule has 6 nitrogen and oxygen atoms in total. The number of fused-ring (bicyclic) bond motifs is 1. The van der Waals surface area contributed by atoms with E-state index in [1.54, 1.807) is 24.3 Å². The zero-order valence-electron chi connectivity index (χ0n) is 20.3. The van der Waals surface area contributed by atoms with Crippen LogP contribution in [0.25, 0.3) is 11.3 Å². The zero-order valence-corrected chi connectivity index (χ0v) is 21.0. The fourth-order valence-corrected chi connectivity index (χ4v) is 4.50. The Kier molecular flexibility index (Phi) is 7.57. The Bertz CT molecular complexity index is 1380. The molecule has 0 atom stereocenters. The summed E-state index contributed by atoms with van der Waals surface area (Å²) in [6.45, 7) is 1.08. The van der Waals surface area contributed by atoms with Crippen LogP contribution in [0.15, 0.2) is 89.3 Å². The molecule has 3 aromatic carbocycles. The topological polar surface area (TPSA) is 71.8 Å². The van der Waals surface area contributed by atoms with E-state index in [0.29, 0.717) is 42.4 Å². The summed E-state index contributed by atoms with van der Waals surface area (Å²) in [4.78, 5) is 27.1. The van der Waals surface area contributed by atoms with Gasteiger partial charge in [-0.15, -0.1) is 0 Å². The maximum atomic E-state index is 12.8. The lowest BCUT2D eigenvalue weighted by atomic mass is 10.1. The number of nitrogens with one attached hydrogen (secondary N) is 1. The smallest absolute Gasteiger partial charge is 0.262 e. The number of carbonyl (C=O) groups is 2. The summed E-state index contributed by atoms with van der Waals surface area (Å²) in [7, 11) is 0. The molecule has 0 spiro atoms. The maximum Gasteiger partial charge on any atom is 0.262 e. The highest BCUT2D eigenvalue weighted by molar-refractivity contribution is 6.30. The van der Waals surface area contributed by atoms with Crippen LogP contribution in [0.5, 0.6) is 5.75 Å². The van der Waals surface area contributed by atoms with Gasteiger partial charge in [0.1, 0.15) is 17.3 Å². The van der Waals surface area contributed by atoms with E-state index in [4.69, 9.17) is 20.8 Å². The van der Waals surface area contributed by atoms with Gasteiger partial charge in [0, 0.05) is 47.8 Å². The largest absolute Gasteiger partial charge is 0.484 e. The van der Waals surface area contributed by atoms with Crippen molar-refractivity contribution in [1.29, 1.82) is 0 Å². The number of anilines is 1. The van der Waals surface area contributed by atoms with Crippen molar-refractivity contribution in [2.75, 3.05) is 18.5 Å². The van der Waals surface area contributed by atoms with Gasteiger partial charge < -0.3 is 19.4 Å². The van der Waals surface area contributed by atoms with Crippen LogP contribution in [-0.2, 0) is 29.0 Å². The first-order chi connectivity index (χ1) is 18.0. The van der Waals surface area contributed by atoms with Crippen molar-refractivity contribution >= 4 is 29.1 Å². The van der Waals surface area contributed by atoms with Crippen molar-refractivity contribution in [3.63, 3.8) is 0 Å². The standard InChI is InChI=1S/C30H27ClN2O4/c31-24-10-12-26(13-11-24)36-20-29(34)32-25-8-4-7-22(17-25)28-18-23-19-33(16-15-27(23)37-28)30(35)14-9-21-5-2-1-3-6-21/h1-8,10-13,17-18H,9,14-16,19-20H2,(H,32,34). The minimum Gasteiger partial charge on any atom is -0.484 e. The average molecular weight is 515 g/mol. The summed E-state index contributed by atoms with van der Waals surface area (Å²) in [5.41, 5.74) is 3.70. The first kappa shape index (κ1) is 24.7. The van der Waals surface area contributed by atoms with Crippen molar-refractivity contribution in [3.8, 4) is 17.1 Å². The molecule has 0 fully saturated rings. The molecule has 1 aliphatic rings. The predicted octanol–water partition coefficient (Wildman–Crippen LogP) is 6.14. The molecule has 2 amide bonds. The molecule has 0 bridgehead atoms. The third-order valence-electron chi connectivity index (χ3n) is 6.30. The van der Waals surface area contributed by atoms with Gasteiger partial charge in [0.2, 0.25) is 5.91 Å². The summed E-state index contributed by atoms with van der Waals surface area (Å²) < 4.78 is 11.7. The molecular formula is C30H27ClN2O4. The van der Waals surface area contributed by atoms with Crippen molar-refractivity contribution in [3.05, 3.63) is 107 Å². The fourth-order valence-electron chi connectivity index (χ4n) is 4.37. The predicted molar refractivity (Wildman–Crippen MR) is 144 cm³/mol. The SMILES string of the molecule is O=C(COc1ccc(Cl)cc1)Nc1cccc(-c2cc3c(o2)CCN(C(=O)CCc2ccccc2)C3)c1. The van der Waals surface area contributed by atoms with E-state index >= 15 is 0 Å². The molecule has 1 aliphatic heterocycles. The second-order valence-corrected chi connectivity index (χ2v) is 9.42. The Morgan fingerprint density at radius 2 is 1.78 bits per heavy atom. The molecule has 188 valence electrons. The van der Waals surface area contributed by atoms with Gasteiger partial charge in [-0.1, -0.05) is 54.1 Å². The Morgan fingerprint density at radius 3 is 2.59 bits per heavy atom. The fraction of sp³-hybridized carbons (Fsp3) is 0.200. The molecule has 1 N–H and O–H groups in total. The van der Waals surface area contributed by atoms with Crippen LogP contribution in [0.1, 0.15) is 23.3 Å². The van der Waals surface area contributed by atoms with Gasteiger partial charge in [-0.25, -0.2) is 0 Å². The first-order valence-electron chi connectivity index (χ1n) is 12.3. The van der Waals surface area contributed by atoms with Crippen LogP contribution in [0, 0.1) is 0 Å². The number of benzene rings is 3. The summed E-state index contributed by atoms with van der Waals surface area (Å²) in [5, 5.41) is 3.47. The van der Waals surface area contributed by atoms with Crippen LogP contribution >= 0.6 is 11.6 Å². The molecule has 7 heteroatoms. The number of amides is 2. The van der Waals surface area contributed by atoms with Crippen molar-refractivity contribution in [2.24, 2.45) is 0 Å². The van der Waals surface area contributed by atoms with Crippen LogP contribution < -0.4 is 10.1 Å². The normalized spacial score (nSPS) is 12.6. The molecule has 1 aromatic heterocycles. The van der Waals surface area contributed by atoms with E-state index in [0.717, 1.165) is 29.1 Å². The average Bonchev–Trinajstić information content (AvgIpc) is 3.36. The number of carbonyl (C=O) groups excluding carboxylic acids is 2. The molecule has 4 aromatic rings. The van der Waals surface area contributed by atoms with E-state index in [1.807, 2.05) is 65.6 Å². The first-order valence-corrected chi connectivity index (χ1v) is 12.6. The lowest BCUT2D eigenvalue weighted by Gasteiger charge is -2.26. The lowest BCUT2D eigenvalue weighted by molar-refractivity contribution is -0.132. The molecule has 5 rings (SSSR count). The molecule has 37 heavy (non-hydrogen) atoms. The Labute approximate surface area is 220 Å². The van der Waals surface area contributed by atoms with Crippen LogP contribution in [0.4, 0.5) is 5.69 Å². The van der Waals surface area contributed by atoms with Crippen LogP contribution in [0.2, 0.25) is 5.02 Å². The van der Waals surface area contributed by atoms with E-state index in [2.05, 4.69) is 5.32 Å². The van der Waals surface area contributed by atoms with Crippen LogP contribution in [-0.4, -0.2) is 29.9 Å². The number of nitrogens with zero attached hydrogens (tertiary/aromatic N) is 1. The molecule has 0 unspecified atom stereocenters. The summed E-state index contributed by atoms with van der Waals surface area (Å²) in [6.07, 6.45) is 1.92. The molecule has 0 saturated carbocycles. The summed E-state index contributed by atoms with van der Waals surface area (Å²) >= 11 is 5.88. The highest BCUT2D eigenvalue weighted by Gasteiger charge is 2.24. The minimum atomic E-state index is -0.268. The monoisotopic (exact) mass is 514 g/mol. The van der Waals surface area contributed by atoms with E-state index in [-0.39, 0.29) is 18.4 Å². The minimum absolute atomic E-state index is 0.116. The second kappa shape index (κ2) is 11.4. The highest BCUT2D eigenvalue weighted by Crippen LogP contribution is 2.31. The maximum absolute atomic E-state index is 12.8. The van der Waals surface area contributed by atoms with Crippen molar-refractivity contribution in [1.82, 2.24) is 4.90 Å². The highest BCUT2D eigenvalue weighted by atomic mass is 35.5. The van der Waals surface area contributed by atoms with Crippen LogP contribution in [0.3, 0.4) is 0 Å². The Balaban J connectivity index is 1.18. The molecular weight excluding hydrogens is 488 g/mol. The van der Waals surface area contributed by atoms with Gasteiger partial charge in [0.05, 0.1) is 0 Å². The van der Waals surface area contributed by atoms with Gasteiger partial charge in [0.25, 0.3) is 5.91 Å². The summed E-state index contributed by atoms with van der Waals surface area (Å²) in [5.74, 6) is 2.09. The second-order valence-electron chi connectivity index (χ2n) is 8.98. The van der Waals surface area contributed by atoms with Crippen molar-refractivity contribution in [2.45, 2.75) is 25.8 Å². The van der Waals surface area contributed by atoms with E-state index in [1.165, 1.54) is 5.56 Å². The third kappa shape index (κ3) is 6.40. The third-order valence-corrected chi connectivity index (χ3v) is 6.56. The number of ether oxygens (including phenoxy) is 1.